The smallest absolute Gasteiger partial charge is 0.405 e. The van der Waals surface area contributed by atoms with Crippen molar-refractivity contribution < 1.29 is 40.0 Å². The Bertz CT molecular complexity index is 919. The Hall–Kier alpha value is -1.13. The summed E-state index contributed by atoms with van der Waals surface area (Å²) in [7, 11) is -3.83. The lowest BCUT2D eigenvalue weighted by molar-refractivity contribution is -0.269. The number of hydrogen-bond acceptors (Lipinski definition) is 6. The van der Waals surface area contributed by atoms with Gasteiger partial charge in [0.2, 0.25) is 0 Å². The van der Waals surface area contributed by atoms with Gasteiger partial charge in [0.1, 0.15) is 5.60 Å². The van der Waals surface area contributed by atoms with E-state index in [1.807, 2.05) is 6.92 Å². The molecule has 4 atom stereocenters. The first-order chi connectivity index (χ1) is 15.9. The summed E-state index contributed by atoms with van der Waals surface area (Å²) in [6.07, 6.45) is -0.157. The molecule has 34 heavy (non-hydrogen) atoms. The fraction of sp³-hybridized carbons (Fsp3) is 0.875. The molecule has 6 rings (SSSR count). The van der Waals surface area contributed by atoms with E-state index in [0.717, 1.165) is 25.7 Å². The third kappa shape index (κ3) is 3.82. The molecule has 192 valence electrons. The fourth-order valence-corrected chi connectivity index (χ4v) is 8.57. The molecule has 6 fully saturated rings. The number of alkyl halides is 3. The predicted molar refractivity (Wildman–Crippen MR) is 116 cm³/mol. The van der Waals surface area contributed by atoms with Crippen LogP contribution in [-0.4, -0.2) is 45.5 Å². The highest BCUT2D eigenvalue weighted by Gasteiger charge is 2.73. The standard InChI is InChI=1S/C24H33F3O6S/c1-3-34(29,30)32-5-4-31-20-12-19-11-16(20)13-23(19,24(25,26)27)21(28)33-22(2)17-7-14-6-15(9-17)10-18(22)8-14/h3,14-20H,1,4-13H2,2H3. The normalized spacial score (nSPS) is 45.0. The van der Waals surface area contributed by atoms with Crippen LogP contribution >= 0.6 is 0 Å². The number of rotatable bonds is 8. The molecule has 10 heteroatoms. The molecule has 0 radical (unpaired) electrons. The molecule has 6 bridgehead atoms. The Morgan fingerprint density at radius 3 is 2.12 bits per heavy atom. The van der Waals surface area contributed by atoms with Gasteiger partial charge in [0, 0.05) is 0 Å². The van der Waals surface area contributed by atoms with Gasteiger partial charge < -0.3 is 9.47 Å². The highest BCUT2D eigenvalue weighted by Crippen LogP contribution is 2.65. The lowest BCUT2D eigenvalue weighted by atomic mass is 9.50. The van der Waals surface area contributed by atoms with Crippen molar-refractivity contribution in [2.24, 2.45) is 40.9 Å². The molecule has 0 aromatic carbocycles. The zero-order valence-corrected chi connectivity index (χ0v) is 20.2. The molecule has 0 aliphatic heterocycles. The van der Waals surface area contributed by atoms with E-state index in [1.165, 1.54) is 6.42 Å². The molecule has 0 aromatic heterocycles. The minimum absolute atomic E-state index is 0.0613. The van der Waals surface area contributed by atoms with Crippen molar-refractivity contribution in [1.82, 2.24) is 0 Å². The maximum absolute atomic E-state index is 14.5. The summed E-state index contributed by atoms with van der Waals surface area (Å²) in [6.45, 7) is 4.72. The number of halogens is 3. The summed E-state index contributed by atoms with van der Waals surface area (Å²) >= 11 is 0. The summed E-state index contributed by atoms with van der Waals surface area (Å²) in [4.78, 5) is 13.4. The van der Waals surface area contributed by atoms with Crippen molar-refractivity contribution >= 4 is 16.1 Å². The van der Waals surface area contributed by atoms with E-state index in [9.17, 15) is 26.4 Å². The molecule has 0 amide bonds. The van der Waals surface area contributed by atoms with Gasteiger partial charge in [-0.05, 0) is 93.8 Å². The summed E-state index contributed by atoms with van der Waals surface area (Å²) < 4.78 is 82.5. The van der Waals surface area contributed by atoms with Gasteiger partial charge in [0.15, 0.2) is 5.41 Å². The number of hydrogen-bond donors (Lipinski definition) is 0. The maximum Gasteiger partial charge on any atom is 0.405 e. The van der Waals surface area contributed by atoms with Gasteiger partial charge in [-0.3, -0.25) is 8.98 Å². The fourth-order valence-electron chi connectivity index (χ4n) is 8.18. The first-order valence-corrected chi connectivity index (χ1v) is 13.8. The lowest BCUT2D eigenvalue weighted by Gasteiger charge is -2.59. The quantitative estimate of drug-likeness (QED) is 0.272. The largest absolute Gasteiger partial charge is 0.458 e. The van der Waals surface area contributed by atoms with Gasteiger partial charge in [0.05, 0.1) is 24.7 Å². The van der Waals surface area contributed by atoms with Crippen molar-refractivity contribution in [1.29, 1.82) is 0 Å². The van der Waals surface area contributed by atoms with E-state index in [0.29, 0.717) is 17.2 Å². The van der Waals surface area contributed by atoms with Gasteiger partial charge in [-0.2, -0.15) is 21.6 Å². The Balaban J connectivity index is 1.26. The van der Waals surface area contributed by atoms with Crippen molar-refractivity contribution in [2.75, 3.05) is 13.2 Å². The average Bonchev–Trinajstić information content (AvgIpc) is 3.33. The second kappa shape index (κ2) is 8.20. The Morgan fingerprint density at radius 2 is 1.62 bits per heavy atom. The molecular formula is C24H33F3O6S. The number of ether oxygens (including phenoxy) is 2. The van der Waals surface area contributed by atoms with Gasteiger partial charge in [-0.15, -0.1) is 0 Å². The number of fused-ring (bicyclic) bond motifs is 2. The van der Waals surface area contributed by atoms with Gasteiger partial charge in [0.25, 0.3) is 10.1 Å². The minimum atomic E-state index is -4.70. The molecular weight excluding hydrogens is 473 g/mol. The molecule has 0 N–H and O–H groups in total. The number of carbonyl (C=O) groups excluding carboxylic acids is 1. The molecule has 6 nitrogen and oxygen atoms in total. The van der Waals surface area contributed by atoms with E-state index in [1.54, 1.807) is 0 Å². The van der Waals surface area contributed by atoms with E-state index < -0.39 is 51.2 Å². The van der Waals surface area contributed by atoms with E-state index in [2.05, 4.69) is 10.8 Å². The summed E-state index contributed by atoms with van der Waals surface area (Å²) in [5.41, 5.74) is -3.30. The van der Waals surface area contributed by atoms with Crippen LogP contribution in [-0.2, 0) is 28.6 Å². The van der Waals surface area contributed by atoms with Crippen LogP contribution in [0.1, 0.15) is 58.3 Å². The van der Waals surface area contributed by atoms with Gasteiger partial charge >= 0.3 is 12.1 Å². The first-order valence-electron chi connectivity index (χ1n) is 12.3. The van der Waals surface area contributed by atoms with Crippen LogP contribution < -0.4 is 0 Å². The van der Waals surface area contributed by atoms with E-state index in [-0.39, 0.29) is 44.3 Å². The van der Waals surface area contributed by atoms with Crippen LogP contribution in [0.15, 0.2) is 12.0 Å². The third-order valence-corrected chi connectivity index (χ3v) is 10.6. The van der Waals surface area contributed by atoms with Crippen LogP contribution in [0.5, 0.6) is 0 Å². The molecule has 6 aliphatic carbocycles. The topological polar surface area (TPSA) is 78.9 Å². The van der Waals surface area contributed by atoms with Crippen LogP contribution in [0, 0.1) is 40.9 Å². The minimum Gasteiger partial charge on any atom is -0.458 e. The zero-order chi connectivity index (χ0) is 24.5. The average molecular weight is 507 g/mol. The van der Waals surface area contributed by atoms with Crippen LogP contribution in [0.4, 0.5) is 13.2 Å². The predicted octanol–water partition coefficient (Wildman–Crippen LogP) is 4.60. The molecule has 6 aliphatic rings. The second-order valence-electron chi connectivity index (χ2n) is 11.4. The molecule has 0 aromatic rings. The van der Waals surface area contributed by atoms with Crippen LogP contribution in [0.2, 0.25) is 0 Å². The Labute approximate surface area is 198 Å². The van der Waals surface area contributed by atoms with Crippen molar-refractivity contribution in [3.8, 4) is 0 Å². The van der Waals surface area contributed by atoms with Crippen molar-refractivity contribution in [2.45, 2.75) is 76.2 Å². The highest BCUT2D eigenvalue weighted by molar-refractivity contribution is 7.89. The monoisotopic (exact) mass is 506 g/mol. The molecule has 6 saturated carbocycles. The van der Waals surface area contributed by atoms with Crippen LogP contribution in [0.3, 0.4) is 0 Å². The summed E-state index contributed by atoms with van der Waals surface area (Å²) in [5, 5.41) is 0.678. The maximum atomic E-state index is 14.5. The Morgan fingerprint density at radius 1 is 1.00 bits per heavy atom. The van der Waals surface area contributed by atoms with Crippen molar-refractivity contribution in [3.05, 3.63) is 12.0 Å². The van der Waals surface area contributed by atoms with E-state index >= 15 is 0 Å². The van der Waals surface area contributed by atoms with Gasteiger partial charge in [-0.1, -0.05) is 6.58 Å². The molecule has 0 saturated heterocycles. The molecule has 4 unspecified atom stereocenters. The highest BCUT2D eigenvalue weighted by atomic mass is 32.2. The third-order valence-electron chi connectivity index (χ3n) is 9.72. The van der Waals surface area contributed by atoms with Crippen molar-refractivity contribution in [3.63, 3.8) is 0 Å². The zero-order valence-electron chi connectivity index (χ0n) is 19.4. The first kappa shape index (κ1) is 24.6. The van der Waals surface area contributed by atoms with Gasteiger partial charge in [-0.25, -0.2) is 0 Å². The SMILES string of the molecule is C=CS(=O)(=O)OCCOC1CC2CC1CC2(C(=O)OC1(C)C2CC3CC(C2)CC1C3)C(F)(F)F. The molecule has 0 heterocycles. The summed E-state index contributed by atoms with van der Waals surface area (Å²) in [5.74, 6) is -0.872. The Kier molecular flexibility index (Phi) is 5.92. The van der Waals surface area contributed by atoms with E-state index in [4.69, 9.17) is 9.47 Å². The summed E-state index contributed by atoms with van der Waals surface area (Å²) in [6, 6.07) is 0. The van der Waals surface area contributed by atoms with Crippen LogP contribution in [0.25, 0.3) is 0 Å². The molecule has 0 spiro atoms. The lowest BCUT2D eigenvalue weighted by Crippen LogP contribution is -2.61. The second-order valence-corrected chi connectivity index (χ2v) is 12.9. The number of esters is 1. The number of carbonyl (C=O) groups is 1.